The van der Waals surface area contributed by atoms with E-state index in [2.05, 4.69) is 22.8 Å². The lowest BCUT2D eigenvalue weighted by molar-refractivity contribution is 0.115. The molecule has 1 N–H and O–H groups in total. The molecule has 1 fully saturated rings. The summed E-state index contributed by atoms with van der Waals surface area (Å²) in [5, 5.41) is 19.3. The standard InChI is InChI=1S/C26H34FN3O2/c1-20(25-17-21(2)22(19-28)18-26(25)31)5-3-4-10-29-11-13-30(14-12-29)15-16-32-24-8-6-23(27)7-9-24/h6-9,17-18,20,31H,3-5,10-16H2,1-2H3. The van der Waals surface area contributed by atoms with Gasteiger partial charge in [-0.15, -0.1) is 0 Å². The summed E-state index contributed by atoms with van der Waals surface area (Å²) in [6, 6.07) is 11.8. The Morgan fingerprint density at radius 1 is 1.06 bits per heavy atom. The molecule has 1 saturated heterocycles. The molecular weight excluding hydrogens is 405 g/mol. The second-order valence-electron chi connectivity index (χ2n) is 8.72. The van der Waals surface area contributed by atoms with Crippen LogP contribution in [0.3, 0.4) is 0 Å². The first kappa shape index (κ1) is 24.0. The summed E-state index contributed by atoms with van der Waals surface area (Å²) in [6.45, 7) is 10.9. The van der Waals surface area contributed by atoms with Gasteiger partial charge in [0.15, 0.2) is 0 Å². The molecule has 2 aromatic carbocycles. The van der Waals surface area contributed by atoms with Crippen LogP contribution in [0, 0.1) is 24.1 Å². The number of nitrogens with zero attached hydrogens (tertiary/aromatic N) is 3. The summed E-state index contributed by atoms with van der Waals surface area (Å²) in [6.07, 6.45) is 3.29. The first-order valence-electron chi connectivity index (χ1n) is 11.5. The molecule has 3 rings (SSSR count). The average molecular weight is 440 g/mol. The van der Waals surface area contributed by atoms with Gasteiger partial charge in [-0.2, -0.15) is 5.26 Å². The molecule has 0 bridgehead atoms. The van der Waals surface area contributed by atoms with Crippen molar-refractivity contribution < 1.29 is 14.2 Å². The molecule has 1 atom stereocenters. The van der Waals surface area contributed by atoms with Crippen LogP contribution in [0.4, 0.5) is 4.39 Å². The summed E-state index contributed by atoms with van der Waals surface area (Å²) in [4.78, 5) is 4.93. The van der Waals surface area contributed by atoms with Gasteiger partial charge in [0, 0.05) is 32.7 Å². The molecule has 5 nitrogen and oxygen atoms in total. The molecule has 172 valence electrons. The fourth-order valence-electron chi connectivity index (χ4n) is 4.24. The minimum Gasteiger partial charge on any atom is -0.508 e. The molecule has 1 heterocycles. The molecular formula is C26H34FN3O2. The van der Waals surface area contributed by atoms with Crippen molar-refractivity contribution in [3.63, 3.8) is 0 Å². The van der Waals surface area contributed by atoms with Gasteiger partial charge in [-0.3, -0.25) is 4.90 Å². The summed E-state index contributed by atoms with van der Waals surface area (Å²) < 4.78 is 18.6. The van der Waals surface area contributed by atoms with E-state index in [1.165, 1.54) is 12.1 Å². The molecule has 1 aliphatic rings. The number of unbranched alkanes of at least 4 members (excludes halogenated alkanes) is 1. The fraction of sp³-hybridized carbons (Fsp3) is 0.500. The molecule has 1 unspecified atom stereocenters. The Hall–Kier alpha value is -2.62. The molecule has 0 aromatic heterocycles. The molecule has 0 aliphatic carbocycles. The van der Waals surface area contributed by atoms with Crippen molar-refractivity contribution in [2.24, 2.45) is 0 Å². The van der Waals surface area contributed by atoms with Gasteiger partial charge >= 0.3 is 0 Å². The molecule has 0 saturated carbocycles. The number of phenolic OH excluding ortho intramolecular Hbond substituents is 1. The number of hydrogen-bond acceptors (Lipinski definition) is 5. The van der Waals surface area contributed by atoms with Crippen LogP contribution in [0.5, 0.6) is 11.5 Å². The van der Waals surface area contributed by atoms with Crippen LogP contribution in [-0.2, 0) is 0 Å². The zero-order chi connectivity index (χ0) is 22.9. The number of benzene rings is 2. The topological polar surface area (TPSA) is 59.7 Å². The van der Waals surface area contributed by atoms with Crippen molar-refractivity contribution in [3.8, 4) is 17.6 Å². The maximum atomic E-state index is 12.9. The Bertz CT molecular complexity index is 903. The fourth-order valence-corrected chi connectivity index (χ4v) is 4.24. The van der Waals surface area contributed by atoms with Crippen LogP contribution in [-0.4, -0.2) is 60.8 Å². The zero-order valence-electron chi connectivity index (χ0n) is 19.2. The van der Waals surface area contributed by atoms with Crippen LogP contribution in [0.2, 0.25) is 0 Å². The lowest BCUT2D eigenvalue weighted by Gasteiger charge is -2.34. The minimum atomic E-state index is -0.245. The molecule has 0 spiro atoms. The summed E-state index contributed by atoms with van der Waals surface area (Å²) >= 11 is 0. The van der Waals surface area contributed by atoms with Crippen LogP contribution in [0.15, 0.2) is 36.4 Å². The third-order valence-corrected chi connectivity index (χ3v) is 6.34. The summed E-state index contributed by atoms with van der Waals surface area (Å²) in [5.74, 6) is 0.979. The molecule has 32 heavy (non-hydrogen) atoms. The van der Waals surface area contributed by atoms with Gasteiger partial charge < -0.3 is 14.7 Å². The molecule has 0 amide bonds. The summed E-state index contributed by atoms with van der Waals surface area (Å²) in [5.41, 5.74) is 2.41. The van der Waals surface area contributed by atoms with E-state index in [1.54, 1.807) is 18.2 Å². The highest BCUT2D eigenvalue weighted by atomic mass is 19.1. The second-order valence-corrected chi connectivity index (χ2v) is 8.72. The normalized spacial score (nSPS) is 15.9. The van der Waals surface area contributed by atoms with Crippen molar-refractivity contribution in [1.29, 1.82) is 5.26 Å². The van der Waals surface area contributed by atoms with E-state index < -0.39 is 0 Å². The van der Waals surface area contributed by atoms with Gasteiger partial charge in [-0.25, -0.2) is 4.39 Å². The number of rotatable bonds is 10. The Morgan fingerprint density at radius 3 is 2.38 bits per heavy atom. The van der Waals surface area contributed by atoms with Gasteiger partial charge in [-0.05, 0) is 73.7 Å². The average Bonchev–Trinajstić information content (AvgIpc) is 2.80. The van der Waals surface area contributed by atoms with Crippen molar-refractivity contribution in [1.82, 2.24) is 9.80 Å². The largest absolute Gasteiger partial charge is 0.508 e. The Balaban J connectivity index is 1.29. The van der Waals surface area contributed by atoms with Gasteiger partial charge in [0.05, 0.1) is 11.6 Å². The number of ether oxygens (including phenoxy) is 1. The molecule has 1 aliphatic heterocycles. The number of phenols is 1. The van der Waals surface area contributed by atoms with E-state index in [0.29, 0.717) is 17.9 Å². The van der Waals surface area contributed by atoms with Gasteiger partial charge in [0.25, 0.3) is 0 Å². The maximum absolute atomic E-state index is 12.9. The minimum absolute atomic E-state index is 0.235. The highest BCUT2D eigenvalue weighted by molar-refractivity contribution is 5.48. The SMILES string of the molecule is Cc1cc(C(C)CCCCN2CCN(CCOc3ccc(F)cc3)CC2)c(O)cc1C#N. The number of piperazine rings is 1. The van der Waals surface area contributed by atoms with Crippen LogP contribution < -0.4 is 4.74 Å². The summed E-state index contributed by atoms with van der Waals surface area (Å²) in [7, 11) is 0. The van der Waals surface area contributed by atoms with E-state index in [1.807, 2.05) is 13.0 Å². The maximum Gasteiger partial charge on any atom is 0.123 e. The van der Waals surface area contributed by atoms with Crippen molar-refractivity contribution in [2.45, 2.75) is 39.0 Å². The van der Waals surface area contributed by atoms with Gasteiger partial charge in [0.1, 0.15) is 23.9 Å². The predicted molar refractivity (Wildman–Crippen MR) is 125 cm³/mol. The van der Waals surface area contributed by atoms with Gasteiger partial charge in [-0.1, -0.05) is 19.4 Å². The number of halogens is 1. The van der Waals surface area contributed by atoms with E-state index >= 15 is 0 Å². The Kier molecular flexibility index (Phi) is 8.90. The smallest absolute Gasteiger partial charge is 0.123 e. The quantitative estimate of drug-likeness (QED) is 0.545. The number of nitriles is 1. The lowest BCUT2D eigenvalue weighted by atomic mass is 9.92. The first-order chi connectivity index (χ1) is 15.5. The van der Waals surface area contributed by atoms with Crippen molar-refractivity contribution in [3.05, 3.63) is 58.9 Å². The predicted octanol–water partition coefficient (Wildman–Crippen LogP) is 4.68. The third kappa shape index (κ3) is 6.94. The van der Waals surface area contributed by atoms with Crippen LogP contribution >= 0.6 is 0 Å². The number of hydrogen-bond donors (Lipinski definition) is 1. The van der Waals surface area contributed by atoms with E-state index in [4.69, 9.17) is 10.00 Å². The Labute approximate surface area is 191 Å². The van der Waals surface area contributed by atoms with Crippen molar-refractivity contribution >= 4 is 0 Å². The lowest BCUT2D eigenvalue weighted by Crippen LogP contribution is -2.47. The number of aromatic hydroxyl groups is 1. The van der Waals surface area contributed by atoms with Crippen molar-refractivity contribution in [2.75, 3.05) is 45.9 Å². The molecule has 0 radical (unpaired) electrons. The van der Waals surface area contributed by atoms with E-state index in [-0.39, 0.29) is 17.5 Å². The zero-order valence-corrected chi connectivity index (χ0v) is 19.2. The highest BCUT2D eigenvalue weighted by Crippen LogP contribution is 2.31. The van der Waals surface area contributed by atoms with Gasteiger partial charge in [0.2, 0.25) is 0 Å². The third-order valence-electron chi connectivity index (χ3n) is 6.34. The molecule has 6 heteroatoms. The van der Waals surface area contributed by atoms with Crippen LogP contribution in [0.25, 0.3) is 0 Å². The number of aryl methyl sites for hydroxylation is 1. The Morgan fingerprint density at radius 2 is 1.72 bits per heavy atom. The monoisotopic (exact) mass is 439 g/mol. The second kappa shape index (κ2) is 11.8. The first-order valence-corrected chi connectivity index (χ1v) is 11.5. The van der Waals surface area contributed by atoms with Crippen LogP contribution in [0.1, 0.15) is 48.8 Å². The van der Waals surface area contributed by atoms with E-state index in [9.17, 15) is 9.50 Å². The molecule has 2 aromatic rings. The van der Waals surface area contributed by atoms with E-state index in [0.717, 1.165) is 69.7 Å². The highest BCUT2D eigenvalue weighted by Gasteiger charge is 2.17.